The number of halogens is 1. The van der Waals surface area contributed by atoms with E-state index in [9.17, 15) is 9.90 Å². The van der Waals surface area contributed by atoms with E-state index in [1.807, 2.05) is 0 Å². The Morgan fingerprint density at radius 1 is 1.50 bits per heavy atom. The Bertz CT molecular complexity index is 917. The summed E-state index contributed by atoms with van der Waals surface area (Å²) < 4.78 is 5.56. The molecule has 0 saturated carbocycles. The van der Waals surface area contributed by atoms with Crippen molar-refractivity contribution in [3.63, 3.8) is 0 Å². The van der Waals surface area contributed by atoms with Crippen LogP contribution in [0.2, 0.25) is 5.02 Å². The molecular weight excluding hydrogens is 306 g/mol. The molecule has 0 aliphatic carbocycles. The van der Waals surface area contributed by atoms with Gasteiger partial charge in [-0.2, -0.15) is 0 Å². The number of hydrogen-bond acceptors (Lipinski definition) is 5. The fourth-order valence-corrected chi connectivity index (χ4v) is 3.09. The highest BCUT2D eigenvalue weighted by atomic mass is 35.5. The molecule has 1 aromatic carbocycles. The highest BCUT2D eigenvalue weighted by Gasteiger charge is 2.21. The molecule has 1 aliphatic rings. The first-order chi connectivity index (χ1) is 10.6. The van der Waals surface area contributed by atoms with Gasteiger partial charge in [0.15, 0.2) is 0 Å². The maximum atomic E-state index is 12.2. The topological polar surface area (TPSA) is 82.4 Å². The van der Waals surface area contributed by atoms with Gasteiger partial charge in [0, 0.05) is 23.5 Å². The van der Waals surface area contributed by atoms with Crippen LogP contribution >= 0.6 is 11.6 Å². The van der Waals surface area contributed by atoms with Gasteiger partial charge in [0.05, 0.1) is 12.6 Å². The van der Waals surface area contributed by atoms with Crippen LogP contribution in [0.5, 0.6) is 0 Å². The molecule has 0 radical (unpaired) electrons. The Morgan fingerprint density at radius 2 is 2.36 bits per heavy atom. The van der Waals surface area contributed by atoms with Gasteiger partial charge in [0.25, 0.3) is 5.56 Å². The smallest absolute Gasteiger partial charge is 0.294 e. The highest BCUT2D eigenvalue weighted by molar-refractivity contribution is 6.31. The van der Waals surface area contributed by atoms with Gasteiger partial charge in [0.2, 0.25) is 5.58 Å². The zero-order valence-electron chi connectivity index (χ0n) is 11.7. The second-order valence-corrected chi connectivity index (χ2v) is 6.05. The summed E-state index contributed by atoms with van der Waals surface area (Å²) in [6, 6.07) is 5.20. The van der Waals surface area contributed by atoms with E-state index in [1.165, 1.54) is 0 Å². The van der Waals surface area contributed by atoms with Crippen LogP contribution in [0.3, 0.4) is 0 Å². The highest BCUT2D eigenvalue weighted by Crippen LogP contribution is 2.27. The van der Waals surface area contributed by atoms with E-state index in [0.717, 1.165) is 18.4 Å². The van der Waals surface area contributed by atoms with Crippen molar-refractivity contribution in [2.24, 2.45) is 0 Å². The number of nitrogens with one attached hydrogen (secondary N) is 1. The quantitative estimate of drug-likeness (QED) is 0.753. The molecule has 7 heteroatoms. The molecular formula is C15H14ClN3O3. The lowest BCUT2D eigenvalue weighted by molar-refractivity contribution is 0.174. The summed E-state index contributed by atoms with van der Waals surface area (Å²) in [4.78, 5) is 21.5. The Hall–Kier alpha value is -1.89. The van der Waals surface area contributed by atoms with E-state index in [1.54, 1.807) is 18.2 Å². The molecule has 0 spiro atoms. The largest absolute Gasteiger partial charge is 0.449 e. The van der Waals surface area contributed by atoms with Crippen LogP contribution in [0.25, 0.3) is 22.1 Å². The molecule has 3 heterocycles. The number of likely N-dealkylation sites (tertiary alicyclic amines) is 1. The van der Waals surface area contributed by atoms with Crippen molar-refractivity contribution in [2.45, 2.75) is 19.1 Å². The van der Waals surface area contributed by atoms with Crippen LogP contribution in [0.4, 0.5) is 0 Å². The molecule has 0 amide bonds. The van der Waals surface area contributed by atoms with Crippen molar-refractivity contribution in [3.05, 3.63) is 39.4 Å². The van der Waals surface area contributed by atoms with E-state index in [4.69, 9.17) is 16.0 Å². The number of aromatic amines is 1. The van der Waals surface area contributed by atoms with Crippen LogP contribution in [-0.2, 0) is 6.54 Å². The fraction of sp³-hybridized carbons (Fsp3) is 0.333. The summed E-state index contributed by atoms with van der Waals surface area (Å²) >= 11 is 6.02. The van der Waals surface area contributed by atoms with Crippen molar-refractivity contribution in [3.8, 4) is 0 Å². The summed E-state index contributed by atoms with van der Waals surface area (Å²) in [5.41, 5.74) is 1.02. The zero-order chi connectivity index (χ0) is 15.3. The number of H-pyrrole nitrogens is 1. The number of fused-ring (bicyclic) bond motifs is 3. The standard InChI is InChI=1S/C15H14ClN3O3/c16-8-1-2-11-10(5-8)13-14(22-11)15(21)18-12(17-13)7-19-4-3-9(20)6-19/h1-2,5,9,20H,3-4,6-7H2,(H,17,18,21)/t9-/m0/s1. The van der Waals surface area contributed by atoms with Crippen LogP contribution < -0.4 is 5.56 Å². The summed E-state index contributed by atoms with van der Waals surface area (Å²) in [6.07, 6.45) is 0.445. The maximum absolute atomic E-state index is 12.2. The van der Waals surface area contributed by atoms with Gasteiger partial charge in [-0.25, -0.2) is 4.98 Å². The first kappa shape index (κ1) is 13.8. The minimum absolute atomic E-state index is 0.211. The first-order valence-corrected chi connectivity index (χ1v) is 7.49. The molecule has 2 aromatic heterocycles. The Morgan fingerprint density at radius 3 is 3.14 bits per heavy atom. The molecule has 2 N–H and O–H groups in total. The van der Waals surface area contributed by atoms with E-state index in [-0.39, 0.29) is 17.2 Å². The van der Waals surface area contributed by atoms with E-state index >= 15 is 0 Å². The molecule has 0 bridgehead atoms. The number of benzene rings is 1. The molecule has 1 atom stereocenters. The Balaban J connectivity index is 1.82. The summed E-state index contributed by atoms with van der Waals surface area (Å²) in [5.74, 6) is 0.564. The number of β-amino-alcohol motifs (C(OH)–C–C–N with tert-alkyl or cyclic N) is 1. The number of nitrogens with zero attached hydrogens (tertiary/aromatic N) is 2. The van der Waals surface area contributed by atoms with Crippen LogP contribution in [-0.4, -0.2) is 39.2 Å². The minimum Gasteiger partial charge on any atom is -0.449 e. The van der Waals surface area contributed by atoms with Gasteiger partial charge in [-0.3, -0.25) is 9.69 Å². The van der Waals surface area contributed by atoms with Crippen molar-refractivity contribution in [1.82, 2.24) is 14.9 Å². The Kier molecular flexibility index (Phi) is 3.18. The van der Waals surface area contributed by atoms with Gasteiger partial charge < -0.3 is 14.5 Å². The average molecular weight is 320 g/mol. The molecule has 114 valence electrons. The number of aromatic nitrogens is 2. The van der Waals surface area contributed by atoms with Gasteiger partial charge in [-0.1, -0.05) is 11.6 Å². The third kappa shape index (κ3) is 2.29. The van der Waals surface area contributed by atoms with Crippen LogP contribution in [0.15, 0.2) is 27.4 Å². The number of rotatable bonds is 2. The van der Waals surface area contributed by atoms with Crippen LogP contribution in [0.1, 0.15) is 12.2 Å². The SMILES string of the molecule is O=c1[nH]c(CN2CC[C@H](O)C2)nc2c1oc1ccc(Cl)cc12. The lowest BCUT2D eigenvalue weighted by Crippen LogP contribution is -2.24. The summed E-state index contributed by atoms with van der Waals surface area (Å²) in [7, 11) is 0. The van der Waals surface area contributed by atoms with Crippen LogP contribution in [0, 0.1) is 0 Å². The minimum atomic E-state index is -0.302. The summed E-state index contributed by atoms with van der Waals surface area (Å²) in [5, 5.41) is 10.9. The molecule has 1 saturated heterocycles. The third-order valence-corrected chi connectivity index (χ3v) is 4.19. The van der Waals surface area contributed by atoms with Crippen molar-refractivity contribution in [2.75, 3.05) is 13.1 Å². The average Bonchev–Trinajstić information content (AvgIpc) is 3.03. The van der Waals surface area contributed by atoms with Crippen molar-refractivity contribution in [1.29, 1.82) is 0 Å². The number of hydrogen-bond donors (Lipinski definition) is 2. The van der Waals surface area contributed by atoms with Crippen molar-refractivity contribution >= 4 is 33.7 Å². The molecule has 0 unspecified atom stereocenters. The molecule has 6 nitrogen and oxygen atoms in total. The number of aliphatic hydroxyl groups excluding tert-OH is 1. The third-order valence-electron chi connectivity index (χ3n) is 3.96. The molecule has 1 aliphatic heterocycles. The normalized spacial score (nSPS) is 19.5. The predicted molar refractivity (Wildman–Crippen MR) is 83.0 cm³/mol. The second kappa shape index (κ2) is 5.08. The van der Waals surface area contributed by atoms with Gasteiger partial charge in [-0.05, 0) is 24.6 Å². The fourth-order valence-electron chi connectivity index (χ4n) is 2.91. The lowest BCUT2D eigenvalue weighted by Gasteiger charge is -2.13. The molecule has 4 rings (SSSR count). The molecule has 22 heavy (non-hydrogen) atoms. The predicted octanol–water partition coefficient (Wildman–Crippen LogP) is 1.89. The summed E-state index contributed by atoms with van der Waals surface area (Å²) in [6.45, 7) is 1.88. The van der Waals surface area contributed by atoms with E-state index in [0.29, 0.717) is 35.0 Å². The maximum Gasteiger partial charge on any atom is 0.294 e. The van der Waals surface area contributed by atoms with Gasteiger partial charge >= 0.3 is 0 Å². The monoisotopic (exact) mass is 319 g/mol. The van der Waals surface area contributed by atoms with Gasteiger partial charge in [-0.15, -0.1) is 0 Å². The lowest BCUT2D eigenvalue weighted by atomic mass is 10.2. The van der Waals surface area contributed by atoms with Crippen molar-refractivity contribution < 1.29 is 9.52 Å². The van der Waals surface area contributed by atoms with E-state index in [2.05, 4.69) is 14.9 Å². The molecule has 3 aromatic rings. The molecule has 1 fully saturated rings. The Labute approximate surface area is 130 Å². The van der Waals surface area contributed by atoms with E-state index < -0.39 is 0 Å². The first-order valence-electron chi connectivity index (χ1n) is 7.11. The van der Waals surface area contributed by atoms with Gasteiger partial charge in [0.1, 0.15) is 16.9 Å². The zero-order valence-corrected chi connectivity index (χ0v) is 12.4. The number of aliphatic hydroxyl groups is 1. The second-order valence-electron chi connectivity index (χ2n) is 5.61. The number of furan rings is 1.